The SMILES string of the molecule is CC#CC(=O)N1CC[C@@H]1COc1cnccc1-c1[nH]c2c(c1Nc1cc(F)cc(F)c1OC)C(=O)NCC2. The molecule has 2 amide bonds. The Kier molecular flexibility index (Phi) is 6.87. The fourth-order valence-corrected chi connectivity index (χ4v) is 4.65. The van der Waals surface area contributed by atoms with Crippen molar-refractivity contribution in [3.05, 3.63) is 53.5 Å². The van der Waals surface area contributed by atoms with Crippen molar-refractivity contribution in [2.75, 3.05) is 32.1 Å². The number of fused-ring (bicyclic) bond motifs is 1. The highest BCUT2D eigenvalue weighted by Gasteiger charge is 2.33. The number of carbonyl (C=O) groups excluding carboxylic acids is 2. The molecule has 5 rings (SSSR count). The van der Waals surface area contributed by atoms with Gasteiger partial charge >= 0.3 is 0 Å². The standard InChI is InChI=1S/C27H25F2N5O4/c1-3-4-22(35)34-10-7-16(34)14-38-21-13-30-8-5-17(21)24-25(23-19(32-24)6-9-31-27(23)36)33-20-12-15(28)11-18(29)26(20)37-2/h5,8,11-13,16,32-33H,6-7,9-10,14H2,1-2H3,(H,31,36)/t16-/m1/s1. The number of methoxy groups -OCH3 is 1. The maximum Gasteiger partial charge on any atom is 0.298 e. The summed E-state index contributed by atoms with van der Waals surface area (Å²) in [7, 11) is 1.27. The number of anilines is 2. The van der Waals surface area contributed by atoms with Crippen LogP contribution < -0.4 is 20.1 Å². The molecule has 0 aliphatic carbocycles. The molecule has 11 heteroatoms. The van der Waals surface area contributed by atoms with E-state index < -0.39 is 11.6 Å². The van der Waals surface area contributed by atoms with E-state index in [1.54, 1.807) is 24.1 Å². The molecule has 3 N–H and O–H groups in total. The Morgan fingerprint density at radius 2 is 2.18 bits per heavy atom. The van der Waals surface area contributed by atoms with Crippen molar-refractivity contribution in [1.29, 1.82) is 0 Å². The van der Waals surface area contributed by atoms with Crippen molar-refractivity contribution in [3.8, 4) is 34.6 Å². The number of aromatic amines is 1. The number of amides is 2. The molecule has 196 valence electrons. The van der Waals surface area contributed by atoms with Crippen LogP contribution in [-0.4, -0.2) is 59.5 Å². The van der Waals surface area contributed by atoms with Gasteiger partial charge in [-0.2, -0.15) is 0 Å². The number of halogens is 2. The molecule has 1 fully saturated rings. The molecule has 0 saturated carbocycles. The van der Waals surface area contributed by atoms with Gasteiger partial charge in [-0.3, -0.25) is 14.6 Å². The molecule has 2 aliphatic heterocycles. The number of carbonyl (C=O) groups is 2. The highest BCUT2D eigenvalue weighted by molar-refractivity contribution is 6.06. The summed E-state index contributed by atoms with van der Waals surface area (Å²) < 4.78 is 39.8. The van der Waals surface area contributed by atoms with Crippen molar-refractivity contribution in [3.63, 3.8) is 0 Å². The number of aromatic nitrogens is 2. The second-order valence-electron chi connectivity index (χ2n) is 8.83. The summed E-state index contributed by atoms with van der Waals surface area (Å²) in [5.74, 6) is 3.12. The zero-order chi connectivity index (χ0) is 26.8. The van der Waals surface area contributed by atoms with Gasteiger partial charge in [-0.1, -0.05) is 5.92 Å². The summed E-state index contributed by atoms with van der Waals surface area (Å²) in [6, 6.07) is 3.40. The monoisotopic (exact) mass is 521 g/mol. The number of hydrogen-bond acceptors (Lipinski definition) is 6. The number of pyridine rings is 1. The average Bonchev–Trinajstić information content (AvgIpc) is 3.23. The highest BCUT2D eigenvalue weighted by atomic mass is 19.1. The van der Waals surface area contributed by atoms with Gasteiger partial charge in [0.25, 0.3) is 11.8 Å². The molecular formula is C27H25F2N5O4. The van der Waals surface area contributed by atoms with Gasteiger partial charge in [0.1, 0.15) is 18.2 Å². The fourth-order valence-electron chi connectivity index (χ4n) is 4.65. The van der Waals surface area contributed by atoms with E-state index in [0.717, 1.165) is 18.6 Å². The molecule has 2 aromatic heterocycles. The summed E-state index contributed by atoms with van der Waals surface area (Å²) in [6.45, 7) is 2.89. The lowest BCUT2D eigenvalue weighted by Gasteiger charge is -2.39. The van der Waals surface area contributed by atoms with Crippen LogP contribution >= 0.6 is 0 Å². The van der Waals surface area contributed by atoms with Crippen molar-refractivity contribution in [2.24, 2.45) is 0 Å². The minimum Gasteiger partial charge on any atom is -0.492 e. The minimum atomic E-state index is -0.884. The lowest BCUT2D eigenvalue weighted by atomic mass is 10.0. The molecule has 2 aliphatic rings. The van der Waals surface area contributed by atoms with Crippen LogP contribution in [0.4, 0.5) is 20.2 Å². The Hall–Kier alpha value is -4.59. The van der Waals surface area contributed by atoms with Crippen molar-refractivity contribution in [1.82, 2.24) is 20.2 Å². The molecule has 1 saturated heterocycles. The molecule has 1 atom stereocenters. The first-order chi connectivity index (χ1) is 18.4. The number of rotatable bonds is 7. The van der Waals surface area contributed by atoms with Gasteiger partial charge in [0, 0.05) is 49.1 Å². The summed E-state index contributed by atoms with van der Waals surface area (Å²) in [4.78, 5) is 34.2. The third kappa shape index (κ3) is 4.61. The predicted octanol–water partition coefficient (Wildman–Crippen LogP) is 3.40. The quantitative estimate of drug-likeness (QED) is 0.412. The van der Waals surface area contributed by atoms with Crippen molar-refractivity contribution in [2.45, 2.75) is 25.8 Å². The lowest BCUT2D eigenvalue weighted by Crippen LogP contribution is -2.53. The molecular weight excluding hydrogens is 496 g/mol. The van der Waals surface area contributed by atoms with Gasteiger partial charge in [0.2, 0.25) is 0 Å². The summed E-state index contributed by atoms with van der Waals surface area (Å²) in [6.07, 6.45) is 4.42. The van der Waals surface area contributed by atoms with Crippen molar-refractivity contribution >= 4 is 23.2 Å². The van der Waals surface area contributed by atoms with Gasteiger partial charge in [0.15, 0.2) is 11.6 Å². The number of benzene rings is 1. The van der Waals surface area contributed by atoms with E-state index in [4.69, 9.17) is 9.47 Å². The van der Waals surface area contributed by atoms with Crippen LogP contribution in [0, 0.1) is 23.5 Å². The normalized spacial score (nSPS) is 15.9. The van der Waals surface area contributed by atoms with E-state index in [2.05, 4.69) is 32.4 Å². The zero-order valence-electron chi connectivity index (χ0n) is 20.8. The van der Waals surface area contributed by atoms with E-state index in [-0.39, 0.29) is 35.9 Å². The largest absolute Gasteiger partial charge is 0.492 e. The molecule has 38 heavy (non-hydrogen) atoms. The number of hydrogen-bond donors (Lipinski definition) is 3. The molecule has 0 spiro atoms. The molecule has 9 nitrogen and oxygen atoms in total. The average molecular weight is 522 g/mol. The topological polar surface area (TPSA) is 109 Å². The predicted molar refractivity (Wildman–Crippen MR) is 135 cm³/mol. The maximum atomic E-state index is 14.4. The molecule has 1 aromatic carbocycles. The maximum absolute atomic E-state index is 14.4. The zero-order valence-corrected chi connectivity index (χ0v) is 20.8. The molecule has 0 unspecified atom stereocenters. The van der Waals surface area contributed by atoms with Gasteiger partial charge in [0.05, 0.1) is 42.0 Å². The van der Waals surface area contributed by atoms with Crippen molar-refractivity contribution < 1.29 is 27.8 Å². The summed E-state index contributed by atoms with van der Waals surface area (Å²) in [5.41, 5.74) is 2.38. The number of nitrogens with one attached hydrogen (secondary N) is 3. The van der Waals surface area contributed by atoms with Gasteiger partial charge in [-0.15, -0.1) is 0 Å². The van der Waals surface area contributed by atoms with Gasteiger partial charge < -0.3 is 30.0 Å². The van der Waals surface area contributed by atoms with Gasteiger partial charge in [-0.25, -0.2) is 8.78 Å². The van der Waals surface area contributed by atoms with E-state index in [9.17, 15) is 18.4 Å². The highest BCUT2D eigenvalue weighted by Crippen LogP contribution is 2.42. The molecule has 0 bridgehead atoms. The van der Waals surface area contributed by atoms with E-state index in [0.29, 0.717) is 53.5 Å². The number of ether oxygens (including phenoxy) is 2. The smallest absolute Gasteiger partial charge is 0.298 e. The van der Waals surface area contributed by atoms with Crippen LogP contribution in [-0.2, 0) is 11.2 Å². The number of H-pyrrole nitrogens is 1. The Labute approximate surface area is 217 Å². The summed E-state index contributed by atoms with van der Waals surface area (Å²) in [5, 5.41) is 5.83. The Morgan fingerprint density at radius 1 is 1.34 bits per heavy atom. The number of likely N-dealkylation sites (tertiary alicyclic amines) is 1. The first-order valence-corrected chi connectivity index (χ1v) is 12.0. The van der Waals surface area contributed by atoms with Crippen LogP contribution in [0.25, 0.3) is 11.3 Å². The molecule has 4 heterocycles. The molecule has 3 aromatic rings. The van der Waals surface area contributed by atoms with E-state index in [1.165, 1.54) is 13.3 Å². The van der Waals surface area contributed by atoms with Gasteiger partial charge in [-0.05, 0) is 25.3 Å². The lowest BCUT2D eigenvalue weighted by molar-refractivity contribution is -0.133. The first-order valence-electron chi connectivity index (χ1n) is 12.0. The van der Waals surface area contributed by atoms with Crippen LogP contribution in [0.2, 0.25) is 0 Å². The van der Waals surface area contributed by atoms with Crippen LogP contribution in [0.5, 0.6) is 11.5 Å². The Bertz CT molecular complexity index is 1480. The third-order valence-corrected chi connectivity index (χ3v) is 6.56. The number of nitrogens with zero attached hydrogens (tertiary/aromatic N) is 2. The van der Waals surface area contributed by atoms with E-state index in [1.807, 2.05) is 0 Å². The van der Waals surface area contributed by atoms with Crippen LogP contribution in [0.1, 0.15) is 29.4 Å². The first kappa shape index (κ1) is 25.1. The Balaban J connectivity index is 1.52. The van der Waals surface area contributed by atoms with Crippen LogP contribution in [0.3, 0.4) is 0 Å². The second kappa shape index (κ2) is 10.4. The molecule has 0 radical (unpaired) electrons. The summed E-state index contributed by atoms with van der Waals surface area (Å²) >= 11 is 0. The van der Waals surface area contributed by atoms with Crippen LogP contribution in [0.15, 0.2) is 30.6 Å². The fraction of sp³-hybridized carbons (Fsp3) is 0.296. The second-order valence-corrected chi connectivity index (χ2v) is 8.83. The van der Waals surface area contributed by atoms with E-state index >= 15 is 0 Å². The Morgan fingerprint density at radius 3 is 2.92 bits per heavy atom. The third-order valence-electron chi connectivity index (χ3n) is 6.56. The minimum absolute atomic E-state index is 0.0172.